The van der Waals surface area contributed by atoms with E-state index in [2.05, 4.69) is 29.3 Å². The van der Waals surface area contributed by atoms with Crippen LogP contribution >= 0.6 is 0 Å². The van der Waals surface area contributed by atoms with Gasteiger partial charge in [0.05, 0.1) is 5.69 Å². The average Bonchev–Trinajstić information content (AvgIpc) is 2.68. The van der Waals surface area contributed by atoms with Gasteiger partial charge in [0, 0.05) is 24.7 Å². The van der Waals surface area contributed by atoms with Crippen molar-refractivity contribution in [3.63, 3.8) is 0 Å². The zero-order valence-corrected chi connectivity index (χ0v) is 13.9. The van der Waals surface area contributed by atoms with Crippen molar-refractivity contribution in [1.82, 2.24) is 20.0 Å². The molecule has 1 aliphatic heterocycles. The lowest BCUT2D eigenvalue weighted by Crippen LogP contribution is -2.45. The molecule has 1 atom stereocenters. The van der Waals surface area contributed by atoms with Crippen molar-refractivity contribution in [1.29, 1.82) is 0 Å². The van der Waals surface area contributed by atoms with E-state index in [4.69, 9.17) is 0 Å². The quantitative estimate of drug-likeness (QED) is 0.913. The summed E-state index contributed by atoms with van der Waals surface area (Å²) in [7, 11) is 4.09. The van der Waals surface area contributed by atoms with Crippen molar-refractivity contribution >= 4 is 5.91 Å². The third kappa shape index (κ3) is 3.84. The van der Waals surface area contributed by atoms with Gasteiger partial charge in [0.25, 0.3) is 0 Å². The van der Waals surface area contributed by atoms with Gasteiger partial charge in [0.1, 0.15) is 0 Å². The van der Waals surface area contributed by atoms with Crippen molar-refractivity contribution in [3.8, 4) is 0 Å². The number of carbonyl (C=O) groups excluding carboxylic acids is 1. The van der Waals surface area contributed by atoms with Crippen LogP contribution in [-0.2, 0) is 18.3 Å². The Kier molecular flexibility index (Phi) is 5.04. The summed E-state index contributed by atoms with van der Waals surface area (Å²) in [6.45, 7) is 8.23. The fraction of sp³-hybridized carbons (Fsp3) is 0.750. The second-order valence-electron chi connectivity index (χ2n) is 6.46. The number of likely N-dealkylation sites (tertiary alicyclic amines) is 1. The van der Waals surface area contributed by atoms with E-state index in [0.717, 1.165) is 43.7 Å². The molecule has 0 radical (unpaired) electrons. The van der Waals surface area contributed by atoms with Gasteiger partial charge in [0.15, 0.2) is 0 Å². The van der Waals surface area contributed by atoms with E-state index in [1.165, 1.54) is 5.56 Å². The van der Waals surface area contributed by atoms with E-state index in [9.17, 15) is 4.79 Å². The highest BCUT2D eigenvalue weighted by molar-refractivity contribution is 5.79. The lowest BCUT2D eigenvalue weighted by Gasteiger charge is -2.30. The highest BCUT2D eigenvalue weighted by atomic mass is 16.1. The number of nitrogens with one attached hydrogen (secondary N) is 1. The molecule has 118 valence electrons. The molecule has 1 saturated heterocycles. The second kappa shape index (κ2) is 6.60. The fourth-order valence-electron chi connectivity index (χ4n) is 3.01. The normalized spacial score (nSPS) is 18.7. The van der Waals surface area contributed by atoms with E-state index in [1.54, 1.807) is 0 Å². The molecule has 5 heteroatoms. The van der Waals surface area contributed by atoms with Crippen LogP contribution < -0.4 is 5.32 Å². The topological polar surface area (TPSA) is 50.2 Å². The van der Waals surface area contributed by atoms with Crippen molar-refractivity contribution in [2.24, 2.45) is 13.0 Å². The van der Waals surface area contributed by atoms with Crippen molar-refractivity contribution in [2.45, 2.75) is 46.1 Å². The van der Waals surface area contributed by atoms with Crippen LogP contribution in [0.3, 0.4) is 0 Å². The maximum Gasteiger partial charge on any atom is 0.223 e. The monoisotopic (exact) mass is 292 g/mol. The standard InChI is InChI=1S/C16H28N4O/c1-11(10-15-12(2)18-20(5)13(15)3)16(21)17-14-6-8-19(4)9-7-14/h11,14H,6-10H2,1-5H3,(H,17,21). The van der Waals surface area contributed by atoms with E-state index in [-0.39, 0.29) is 11.8 Å². The summed E-state index contributed by atoms with van der Waals surface area (Å²) < 4.78 is 1.90. The zero-order valence-electron chi connectivity index (χ0n) is 13.9. The van der Waals surface area contributed by atoms with Crippen molar-refractivity contribution in [3.05, 3.63) is 17.0 Å². The number of aryl methyl sites for hydroxylation is 2. The minimum absolute atomic E-state index is 0.00810. The summed E-state index contributed by atoms with van der Waals surface area (Å²) in [6.07, 6.45) is 2.88. The van der Waals surface area contributed by atoms with Gasteiger partial charge in [-0.3, -0.25) is 9.48 Å². The number of piperidine rings is 1. The van der Waals surface area contributed by atoms with Crippen molar-refractivity contribution in [2.75, 3.05) is 20.1 Å². The summed E-state index contributed by atoms with van der Waals surface area (Å²) in [5.74, 6) is 0.165. The maximum absolute atomic E-state index is 12.4. The van der Waals surface area contributed by atoms with Crippen LogP contribution in [0.5, 0.6) is 0 Å². The maximum atomic E-state index is 12.4. The molecule has 21 heavy (non-hydrogen) atoms. The number of hydrogen-bond donors (Lipinski definition) is 1. The highest BCUT2D eigenvalue weighted by Gasteiger charge is 2.23. The van der Waals surface area contributed by atoms with Crippen LogP contribution in [0.25, 0.3) is 0 Å². The van der Waals surface area contributed by atoms with Crippen LogP contribution in [0.4, 0.5) is 0 Å². The molecule has 5 nitrogen and oxygen atoms in total. The first-order valence-electron chi connectivity index (χ1n) is 7.86. The summed E-state index contributed by atoms with van der Waals surface area (Å²) in [5.41, 5.74) is 3.41. The first-order chi connectivity index (χ1) is 9.88. The highest BCUT2D eigenvalue weighted by Crippen LogP contribution is 2.17. The Labute approximate surface area is 127 Å². The zero-order chi connectivity index (χ0) is 15.6. The van der Waals surface area contributed by atoms with Crippen LogP contribution in [0.2, 0.25) is 0 Å². The Hall–Kier alpha value is -1.36. The third-order valence-corrected chi connectivity index (χ3v) is 4.68. The molecule has 0 bridgehead atoms. The fourth-order valence-corrected chi connectivity index (χ4v) is 3.01. The Morgan fingerprint density at radius 2 is 1.95 bits per heavy atom. The number of hydrogen-bond acceptors (Lipinski definition) is 3. The Morgan fingerprint density at radius 1 is 1.33 bits per heavy atom. The molecule has 1 fully saturated rings. The van der Waals surface area contributed by atoms with Gasteiger partial charge < -0.3 is 10.2 Å². The number of amides is 1. The van der Waals surface area contributed by atoms with Gasteiger partial charge in [0.2, 0.25) is 5.91 Å². The van der Waals surface area contributed by atoms with E-state index < -0.39 is 0 Å². The molecule has 0 aliphatic carbocycles. The summed E-state index contributed by atoms with van der Waals surface area (Å²) in [6, 6.07) is 0.340. The minimum Gasteiger partial charge on any atom is -0.353 e. The SMILES string of the molecule is Cc1nn(C)c(C)c1CC(C)C(=O)NC1CCN(C)CC1. The third-order valence-electron chi connectivity index (χ3n) is 4.68. The molecule has 2 rings (SSSR count). The molecule has 1 aromatic heterocycles. The second-order valence-corrected chi connectivity index (χ2v) is 6.46. The molecule has 1 unspecified atom stereocenters. The van der Waals surface area contributed by atoms with Gasteiger partial charge in [-0.15, -0.1) is 0 Å². The van der Waals surface area contributed by atoms with Crippen LogP contribution in [-0.4, -0.2) is 46.8 Å². The summed E-state index contributed by atoms with van der Waals surface area (Å²) >= 11 is 0. The number of rotatable bonds is 4. The van der Waals surface area contributed by atoms with Gasteiger partial charge in [-0.1, -0.05) is 6.92 Å². The van der Waals surface area contributed by atoms with Crippen LogP contribution in [0.15, 0.2) is 0 Å². The van der Waals surface area contributed by atoms with Crippen LogP contribution in [0.1, 0.15) is 36.7 Å². The predicted molar refractivity (Wildman–Crippen MR) is 84.2 cm³/mol. The number of aromatic nitrogens is 2. The Morgan fingerprint density at radius 3 is 2.48 bits per heavy atom. The van der Waals surface area contributed by atoms with E-state index >= 15 is 0 Å². The Bertz CT molecular complexity index is 501. The van der Waals surface area contributed by atoms with Crippen molar-refractivity contribution < 1.29 is 4.79 Å². The molecule has 0 aromatic carbocycles. The number of carbonyl (C=O) groups is 1. The van der Waals surface area contributed by atoms with E-state index in [0.29, 0.717) is 6.04 Å². The molecule has 1 aromatic rings. The largest absolute Gasteiger partial charge is 0.353 e. The average molecular weight is 292 g/mol. The minimum atomic E-state index is -0.00810. The molecule has 2 heterocycles. The molecule has 1 amide bonds. The first kappa shape index (κ1) is 16.0. The summed E-state index contributed by atoms with van der Waals surface area (Å²) in [4.78, 5) is 14.7. The predicted octanol–water partition coefficient (Wildman–Crippen LogP) is 1.43. The summed E-state index contributed by atoms with van der Waals surface area (Å²) in [5, 5.41) is 7.64. The molecule has 1 aliphatic rings. The first-order valence-corrected chi connectivity index (χ1v) is 7.86. The van der Waals surface area contributed by atoms with Gasteiger partial charge in [-0.05, 0) is 58.8 Å². The Balaban J connectivity index is 1.90. The molecule has 0 spiro atoms. The van der Waals surface area contributed by atoms with Gasteiger partial charge in [-0.2, -0.15) is 5.10 Å². The van der Waals surface area contributed by atoms with E-state index in [1.807, 2.05) is 25.6 Å². The lowest BCUT2D eigenvalue weighted by molar-refractivity contribution is -0.125. The molecule has 1 N–H and O–H groups in total. The number of nitrogens with zero attached hydrogens (tertiary/aromatic N) is 3. The molecular formula is C16H28N4O. The van der Waals surface area contributed by atoms with Gasteiger partial charge >= 0.3 is 0 Å². The smallest absolute Gasteiger partial charge is 0.223 e. The molecular weight excluding hydrogens is 264 g/mol. The molecule has 0 saturated carbocycles. The van der Waals surface area contributed by atoms with Crippen LogP contribution in [0, 0.1) is 19.8 Å². The lowest BCUT2D eigenvalue weighted by atomic mass is 9.97. The van der Waals surface area contributed by atoms with Gasteiger partial charge in [-0.25, -0.2) is 0 Å².